The largest absolute Gasteiger partial charge is 0.475 e. The Morgan fingerprint density at radius 3 is 2.69 bits per heavy atom. The van der Waals surface area contributed by atoms with E-state index in [0.717, 1.165) is 5.56 Å². The highest BCUT2D eigenvalue weighted by molar-refractivity contribution is 6.02. The first kappa shape index (κ1) is 10.5. The summed E-state index contributed by atoms with van der Waals surface area (Å²) in [6.07, 6.45) is 0. The van der Waals surface area contributed by atoms with E-state index in [2.05, 4.69) is 13.8 Å². The highest BCUT2D eigenvalue weighted by Crippen LogP contribution is 2.30. The lowest BCUT2D eigenvalue weighted by Crippen LogP contribution is -1.98. The van der Waals surface area contributed by atoms with Crippen LogP contribution in [0.5, 0.6) is 0 Å². The zero-order valence-electron chi connectivity index (χ0n) is 9.15. The van der Waals surface area contributed by atoms with Crippen molar-refractivity contribution in [2.75, 3.05) is 5.73 Å². The number of carboxylic acids is 1. The second kappa shape index (κ2) is 3.56. The van der Waals surface area contributed by atoms with Crippen LogP contribution >= 0.6 is 0 Å². The van der Waals surface area contributed by atoms with Crippen LogP contribution < -0.4 is 5.73 Å². The van der Waals surface area contributed by atoms with Gasteiger partial charge in [-0.3, -0.25) is 0 Å². The fraction of sp³-hybridized carbons (Fsp3) is 0.250. The molecule has 4 heteroatoms. The number of fused-ring (bicyclic) bond motifs is 1. The Balaban J connectivity index is 2.67. The van der Waals surface area contributed by atoms with Gasteiger partial charge in [0.15, 0.2) is 0 Å². The van der Waals surface area contributed by atoms with E-state index in [-0.39, 0.29) is 11.4 Å². The van der Waals surface area contributed by atoms with Crippen LogP contribution in [0.25, 0.3) is 11.0 Å². The molecule has 1 heterocycles. The Morgan fingerprint density at radius 2 is 2.12 bits per heavy atom. The van der Waals surface area contributed by atoms with Gasteiger partial charge in [-0.1, -0.05) is 19.9 Å². The lowest BCUT2D eigenvalue weighted by atomic mass is 10.0. The predicted octanol–water partition coefficient (Wildman–Crippen LogP) is 2.84. The number of benzene rings is 1. The zero-order valence-corrected chi connectivity index (χ0v) is 9.15. The van der Waals surface area contributed by atoms with Crippen molar-refractivity contribution in [1.82, 2.24) is 0 Å². The fourth-order valence-electron chi connectivity index (χ4n) is 1.65. The number of rotatable bonds is 2. The number of aromatic carboxylic acids is 1. The average molecular weight is 219 g/mol. The molecule has 0 spiro atoms. The molecule has 1 aromatic carbocycles. The molecule has 0 amide bonds. The molecule has 0 bridgehead atoms. The van der Waals surface area contributed by atoms with Gasteiger partial charge in [-0.2, -0.15) is 0 Å². The zero-order chi connectivity index (χ0) is 11.9. The van der Waals surface area contributed by atoms with Crippen LogP contribution in [0.15, 0.2) is 22.6 Å². The molecule has 4 nitrogen and oxygen atoms in total. The van der Waals surface area contributed by atoms with Crippen molar-refractivity contribution >= 4 is 22.6 Å². The van der Waals surface area contributed by atoms with Crippen molar-refractivity contribution in [3.05, 3.63) is 29.5 Å². The van der Waals surface area contributed by atoms with E-state index in [1.807, 2.05) is 12.1 Å². The highest BCUT2D eigenvalue weighted by Gasteiger charge is 2.17. The third kappa shape index (κ3) is 1.52. The predicted molar refractivity (Wildman–Crippen MR) is 61.7 cm³/mol. The third-order valence-electron chi connectivity index (χ3n) is 2.61. The number of nitrogen functional groups attached to an aromatic ring is 1. The van der Waals surface area contributed by atoms with Gasteiger partial charge in [0.05, 0.1) is 5.69 Å². The first-order chi connectivity index (χ1) is 7.50. The minimum Gasteiger partial charge on any atom is -0.475 e. The van der Waals surface area contributed by atoms with E-state index in [9.17, 15) is 4.79 Å². The third-order valence-corrected chi connectivity index (χ3v) is 2.61. The van der Waals surface area contributed by atoms with Gasteiger partial charge in [0.1, 0.15) is 5.58 Å². The van der Waals surface area contributed by atoms with E-state index < -0.39 is 5.97 Å². The maximum atomic E-state index is 10.8. The van der Waals surface area contributed by atoms with Gasteiger partial charge in [-0.25, -0.2) is 4.79 Å². The summed E-state index contributed by atoms with van der Waals surface area (Å²) < 4.78 is 5.23. The van der Waals surface area contributed by atoms with Crippen molar-refractivity contribution in [3.8, 4) is 0 Å². The van der Waals surface area contributed by atoms with Crippen LogP contribution in [0.2, 0.25) is 0 Å². The molecule has 0 aliphatic carbocycles. The Labute approximate surface area is 92.7 Å². The lowest BCUT2D eigenvalue weighted by Gasteiger charge is -2.03. The molecule has 0 aliphatic heterocycles. The number of carbonyl (C=O) groups is 1. The number of nitrogens with two attached hydrogens (primary N) is 1. The summed E-state index contributed by atoms with van der Waals surface area (Å²) in [5.74, 6) is -0.959. The number of carboxylic acid groups (broad SMARTS) is 1. The summed E-state index contributed by atoms with van der Waals surface area (Å²) in [7, 11) is 0. The van der Waals surface area contributed by atoms with Gasteiger partial charge < -0.3 is 15.3 Å². The second-order valence-corrected chi connectivity index (χ2v) is 4.06. The van der Waals surface area contributed by atoms with Gasteiger partial charge in [0.25, 0.3) is 0 Å². The topological polar surface area (TPSA) is 76.5 Å². The SMILES string of the molecule is CC(C)c1ccc2c(N)c(C(=O)O)oc2c1. The van der Waals surface area contributed by atoms with Crippen LogP contribution in [0, 0.1) is 0 Å². The standard InChI is InChI=1S/C12H13NO3/c1-6(2)7-3-4-8-9(5-7)16-11(10(8)13)12(14)15/h3-6H,13H2,1-2H3,(H,14,15). The Morgan fingerprint density at radius 1 is 1.44 bits per heavy atom. The van der Waals surface area contributed by atoms with Crippen molar-refractivity contribution in [2.45, 2.75) is 19.8 Å². The van der Waals surface area contributed by atoms with Gasteiger partial charge in [0, 0.05) is 5.39 Å². The normalized spacial score (nSPS) is 11.2. The van der Waals surface area contributed by atoms with Gasteiger partial charge in [0.2, 0.25) is 5.76 Å². The molecule has 0 fully saturated rings. The molecule has 0 unspecified atom stereocenters. The number of anilines is 1. The van der Waals surface area contributed by atoms with Crippen LogP contribution in [0.1, 0.15) is 35.9 Å². The maximum absolute atomic E-state index is 10.8. The molecule has 2 aromatic rings. The number of hydrogen-bond donors (Lipinski definition) is 2. The summed E-state index contributed by atoms with van der Waals surface area (Å²) >= 11 is 0. The Kier molecular flexibility index (Phi) is 2.34. The van der Waals surface area contributed by atoms with E-state index in [0.29, 0.717) is 16.9 Å². The molecule has 0 radical (unpaired) electrons. The first-order valence-electron chi connectivity index (χ1n) is 5.06. The summed E-state index contributed by atoms with van der Waals surface area (Å²) in [6, 6.07) is 5.57. The van der Waals surface area contributed by atoms with Crippen molar-refractivity contribution in [2.24, 2.45) is 0 Å². The van der Waals surface area contributed by atoms with Crippen LogP contribution in [-0.2, 0) is 0 Å². The average Bonchev–Trinajstić information content (AvgIpc) is 2.55. The smallest absolute Gasteiger partial charge is 0.374 e. The van der Waals surface area contributed by atoms with E-state index in [1.54, 1.807) is 6.07 Å². The van der Waals surface area contributed by atoms with Crippen molar-refractivity contribution in [3.63, 3.8) is 0 Å². The molecule has 0 saturated carbocycles. The second-order valence-electron chi connectivity index (χ2n) is 4.06. The van der Waals surface area contributed by atoms with Crippen LogP contribution in [0.3, 0.4) is 0 Å². The minimum atomic E-state index is -1.14. The highest BCUT2D eigenvalue weighted by atomic mass is 16.4. The molecule has 2 rings (SSSR count). The summed E-state index contributed by atoms with van der Waals surface area (Å²) in [4.78, 5) is 10.8. The molecule has 3 N–H and O–H groups in total. The minimum absolute atomic E-state index is 0.184. The first-order valence-corrected chi connectivity index (χ1v) is 5.06. The number of hydrogen-bond acceptors (Lipinski definition) is 3. The molecule has 0 saturated heterocycles. The van der Waals surface area contributed by atoms with E-state index in [4.69, 9.17) is 15.3 Å². The summed E-state index contributed by atoms with van der Waals surface area (Å²) in [5.41, 5.74) is 7.51. The molecular weight excluding hydrogens is 206 g/mol. The maximum Gasteiger partial charge on any atom is 0.374 e. The molecule has 0 atom stereocenters. The molecule has 84 valence electrons. The Hall–Kier alpha value is -1.97. The van der Waals surface area contributed by atoms with E-state index >= 15 is 0 Å². The molecular formula is C12H13NO3. The molecule has 0 aliphatic rings. The monoisotopic (exact) mass is 219 g/mol. The molecule has 16 heavy (non-hydrogen) atoms. The van der Waals surface area contributed by atoms with Crippen molar-refractivity contribution in [1.29, 1.82) is 0 Å². The van der Waals surface area contributed by atoms with E-state index in [1.165, 1.54) is 0 Å². The Bertz CT molecular complexity index is 555. The summed E-state index contributed by atoms with van der Waals surface area (Å²) in [6.45, 7) is 4.12. The number of furan rings is 1. The molecule has 1 aromatic heterocycles. The summed E-state index contributed by atoms with van der Waals surface area (Å²) in [5, 5.41) is 9.53. The van der Waals surface area contributed by atoms with Gasteiger partial charge >= 0.3 is 5.97 Å². The lowest BCUT2D eigenvalue weighted by molar-refractivity contribution is 0.0666. The van der Waals surface area contributed by atoms with Gasteiger partial charge in [-0.15, -0.1) is 0 Å². The van der Waals surface area contributed by atoms with Crippen LogP contribution in [0.4, 0.5) is 5.69 Å². The fourth-order valence-corrected chi connectivity index (χ4v) is 1.65. The quantitative estimate of drug-likeness (QED) is 0.814. The van der Waals surface area contributed by atoms with Crippen LogP contribution in [-0.4, -0.2) is 11.1 Å². The van der Waals surface area contributed by atoms with Gasteiger partial charge in [-0.05, 0) is 23.6 Å². The van der Waals surface area contributed by atoms with Crippen molar-refractivity contribution < 1.29 is 14.3 Å².